The first-order valence-electron chi connectivity index (χ1n) is 3.60. The number of nitrogens with zero attached hydrogens (tertiary/aromatic N) is 1. The maximum absolute atomic E-state index is 10.7. The molecule has 0 aliphatic rings. The fourth-order valence-corrected chi connectivity index (χ4v) is 1.11. The third-order valence-electron chi connectivity index (χ3n) is 1.41. The van der Waals surface area contributed by atoms with Gasteiger partial charge < -0.3 is 5.32 Å². The Morgan fingerprint density at radius 2 is 2.31 bits per heavy atom. The average Bonchev–Trinajstić information content (AvgIpc) is 2.03. The van der Waals surface area contributed by atoms with Gasteiger partial charge in [0.25, 0.3) is 0 Å². The zero-order valence-electron chi connectivity index (χ0n) is 6.97. The summed E-state index contributed by atoms with van der Waals surface area (Å²) in [6, 6.07) is 6.67. The molecule has 1 rings (SSSR count). The van der Waals surface area contributed by atoms with Crippen molar-refractivity contribution in [2.24, 2.45) is 0 Å². The summed E-state index contributed by atoms with van der Waals surface area (Å²) in [7, 11) is 0. The molecule has 0 heterocycles. The van der Waals surface area contributed by atoms with Crippen molar-refractivity contribution < 1.29 is 4.79 Å². The maximum Gasteiger partial charge on any atom is 0.221 e. The molecule has 0 saturated heterocycles. The van der Waals surface area contributed by atoms with Crippen LogP contribution in [0.5, 0.6) is 0 Å². The second-order valence-electron chi connectivity index (χ2n) is 2.49. The molecule has 0 aliphatic carbocycles. The molecule has 4 heteroatoms. The van der Waals surface area contributed by atoms with E-state index in [1.54, 1.807) is 18.2 Å². The Bertz CT molecular complexity index is 382. The standard InChI is InChI=1S/C9H7ClN2O/c1-6(13)12-8-3-2-7(5-11)9(10)4-8/h2-4H,1H3,(H,12,13). The highest BCUT2D eigenvalue weighted by molar-refractivity contribution is 6.32. The van der Waals surface area contributed by atoms with Gasteiger partial charge in [-0.15, -0.1) is 0 Å². The molecule has 0 unspecified atom stereocenters. The predicted molar refractivity (Wildman–Crippen MR) is 50.5 cm³/mol. The summed E-state index contributed by atoms with van der Waals surface area (Å²) < 4.78 is 0. The number of hydrogen-bond acceptors (Lipinski definition) is 2. The lowest BCUT2D eigenvalue weighted by Crippen LogP contribution is -2.05. The van der Waals surface area contributed by atoms with E-state index in [0.717, 1.165) is 0 Å². The second kappa shape index (κ2) is 3.92. The summed E-state index contributed by atoms with van der Waals surface area (Å²) in [5.74, 6) is -0.166. The molecule has 0 spiro atoms. The minimum Gasteiger partial charge on any atom is -0.326 e. The van der Waals surface area contributed by atoms with Gasteiger partial charge in [0.05, 0.1) is 10.6 Å². The van der Waals surface area contributed by atoms with Crippen molar-refractivity contribution in [3.05, 3.63) is 28.8 Å². The first-order valence-corrected chi connectivity index (χ1v) is 3.98. The van der Waals surface area contributed by atoms with Crippen LogP contribution in [0.1, 0.15) is 12.5 Å². The van der Waals surface area contributed by atoms with E-state index in [9.17, 15) is 4.79 Å². The molecular formula is C9H7ClN2O. The van der Waals surface area contributed by atoms with E-state index in [2.05, 4.69) is 5.32 Å². The van der Waals surface area contributed by atoms with Crippen LogP contribution < -0.4 is 5.32 Å². The number of nitrogens with one attached hydrogen (secondary N) is 1. The topological polar surface area (TPSA) is 52.9 Å². The Kier molecular flexibility index (Phi) is 2.88. The van der Waals surface area contributed by atoms with E-state index >= 15 is 0 Å². The molecule has 1 amide bonds. The highest BCUT2D eigenvalue weighted by Gasteiger charge is 2.01. The SMILES string of the molecule is CC(=O)Nc1ccc(C#N)c(Cl)c1. The molecule has 0 aliphatic heterocycles. The molecule has 0 aromatic heterocycles. The minimum atomic E-state index is -0.166. The van der Waals surface area contributed by atoms with Crippen molar-refractivity contribution in [1.82, 2.24) is 0 Å². The van der Waals surface area contributed by atoms with E-state index in [4.69, 9.17) is 16.9 Å². The van der Waals surface area contributed by atoms with Crippen LogP contribution in [0.25, 0.3) is 0 Å². The predicted octanol–water partition coefficient (Wildman–Crippen LogP) is 2.17. The first kappa shape index (κ1) is 9.56. The van der Waals surface area contributed by atoms with E-state index in [1.807, 2.05) is 6.07 Å². The number of carbonyl (C=O) groups excluding carboxylic acids is 1. The molecule has 1 aromatic carbocycles. The summed E-state index contributed by atoms with van der Waals surface area (Å²) in [6.45, 7) is 1.41. The number of anilines is 1. The molecule has 0 atom stereocenters. The van der Waals surface area contributed by atoms with Crippen molar-refractivity contribution in [3.8, 4) is 6.07 Å². The number of rotatable bonds is 1. The van der Waals surface area contributed by atoms with Crippen molar-refractivity contribution in [1.29, 1.82) is 5.26 Å². The van der Waals surface area contributed by atoms with Crippen LogP contribution in [-0.4, -0.2) is 5.91 Å². The Labute approximate surface area is 80.9 Å². The zero-order valence-corrected chi connectivity index (χ0v) is 7.72. The normalized spacial score (nSPS) is 9.00. The molecule has 66 valence electrons. The number of benzene rings is 1. The fraction of sp³-hybridized carbons (Fsp3) is 0.111. The van der Waals surface area contributed by atoms with Gasteiger partial charge in [-0.1, -0.05) is 11.6 Å². The molecular weight excluding hydrogens is 188 g/mol. The third-order valence-corrected chi connectivity index (χ3v) is 1.72. The van der Waals surface area contributed by atoms with Gasteiger partial charge in [0.2, 0.25) is 5.91 Å². The lowest BCUT2D eigenvalue weighted by Gasteiger charge is -2.02. The average molecular weight is 195 g/mol. The number of amides is 1. The summed E-state index contributed by atoms with van der Waals surface area (Å²) in [5.41, 5.74) is 0.993. The number of carbonyl (C=O) groups is 1. The summed E-state index contributed by atoms with van der Waals surface area (Å²) in [4.78, 5) is 10.7. The Hall–Kier alpha value is -1.53. The molecule has 1 aromatic rings. The van der Waals surface area contributed by atoms with Gasteiger partial charge in [-0.2, -0.15) is 5.26 Å². The fourth-order valence-electron chi connectivity index (χ4n) is 0.887. The second-order valence-corrected chi connectivity index (χ2v) is 2.89. The van der Waals surface area contributed by atoms with Gasteiger partial charge in [0.1, 0.15) is 6.07 Å². The number of nitriles is 1. The zero-order chi connectivity index (χ0) is 9.84. The van der Waals surface area contributed by atoms with Gasteiger partial charge in [-0.05, 0) is 18.2 Å². The molecule has 0 radical (unpaired) electrons. The van der Waals surface area contributed by atoms with Crippen LogP contribution in [0.2, 0.25) is 5.02 Å². The molecule has 3 nitrogen and oxygen atoms in total. The Morgan fingerprint density at radius 1 is 1.62 bits per heavy atom. The van der Waals surface area contributed by atoms with Crippen LogP contribution in [0, 0.1) is 11.3 Å². The molecule has 13 heavy (non-hydrogen) atoms. The minimum absolute atomic E-state index is 0.166. The van der Waals surface area contributed by atoms with E-state index in [0.29, 0.717) is 16.3 Å². The van der Waals surface area contributed by atoms with E-state index in [1.165, 1.54) is 6.92 Å². The number of halogens is 1. The van der Waals surface area contributed by atoms with Crippen molar-refractivity contribution in [2.75, 3.05) is 5.32 Å². The van der Waals surface area contributed by atoms with Crippen molar-refractivity contribution in [3.63, 3.8) is 0 Å². The van der Waals surface area contributed by atoms with Gasteiger partial charge >= 0.3 is 0 Å². The van der Waals surface area contributed by atoms with Crippen molar-refractivity contribution in [2.45, 2.75) is 6.92 Å². The quantitative estimate of drug-likeness (QED) is 0.745. The van der Waals surface area contributed by atoms with E-state index < -0.39 is 0 Å². The Balaban J connectivity index is 2.97. The summed E-state index contributed by atoms with van der Waals surface area (Å²) in [5, 5.41) is 11.5. The van der Waals surface area contributed by atoms with Crippen LogP contribution in [-0.2, 0) is 4.79 Å². The smallest absolute Gasteiger partial charge is 0.221 e. The first-order chi connectivity index (χ1) is 6.13. The third kappa shape index (κ3) is 2.46. The molecule has 0 bridgehead atoms. The van der Waals surface area contributed by atoms with Crippen LogP contribution >= 0.6 is 11.6 Å². The molecule has 0 fully saturated rings. The van der Waals surface area contributed by atoms with Gasteiger partial charge in [-0.25, -0.2) is 0 Å². The lowest BCUT2D eigenvalue weighted by molar-refractivity contribution is -0.114. The van der Waals surface area contributed by atoms with Gasteiger partial charge in [-0.3, -0.25) is 4.79 Å². The monoisotopic (exact) mass is 194 g/mol. The van der Waals surface area contributed by atoms with Gasteiger partial charge in [0, 0.05) is 12.6 Å². The highest BCUT2D eigenvalue weighted by Crippen LogP contribution is 2.19. The highest BCUT2D eigenvalue weighted by atomic mass is 35.5. The number of hydrogen-bond donors (Lipinski definition) is 1. The van der Waals surface area contributed by atoms with Crippen LogP contribution in [0.3, 0.4) is 0 Å². The van der Waals surface area contributed by atoms with Crippen molar-refractivity contribution >= 4 is 23.2 Å². The maximum atomic E-state index is 10.7. The Morgan fingerprint density at radius 3 is 2.77 bits per heavy atom. The lowest BCUT2D eigenvalue weighted by atomic mass is 10.2. The summed E-state index contributed by atoms with van der Waals surface area (Å²) >= 11 is 5.74. The molecule has 0 saturated carbocycles. The van der Waals surface area contributed by atoms with Crippen LogP contribution in [0.4, 0.5) is 5.69 Å². The van der Waals surface area contributed by atoms with E-state index in [-0.39, 0.29) is 5.91 Å². The van der Waals surface area contributed by atoms with Gasteiger partial charge in [0.15, 0.2) is 0 Å². The molecule has 1 N–H and O–H groups in total. The summed E-state index contributed by atoms with van der Waals surface area (Å²) in [6.07, 6.45) is 0. The largest absolute Gasteiger partial charge is 0.326 e. The van der Waals surface area contributed by atoms with Crippen LogP contribution in [0.15, 0.2) is 18.2 Å².